The van der Waals surface area contributed by atoms with E-state index in [1.165, 1.54) is 0 Å². The number of sulfone groups is 1. The highest BCUT2D eigenvalue weighted by Crippen LogP contribution is 2.06. The van der Waals surface area contributed by atoms with Crippen LogP contribution in [0.1, 0.15) is 20.3 Å². The smallest absolute Gasteiger partial charge is 0.150 e. The molecule has 0 saturated carbocycles. The molecule has 0 unspecified atom stereocenters. The summed E-state index contributed by atoms with van der Waals surface area (Å²) >= 11 is 0. The zero-order valence-electron chi connectivity index (χ0n) is 9.70. The maximum Gasteiger partial charge on any atom is 0.150 e. The van der Waals surface area contributed by atoms with Crippen LogP contribution in [-0.4, -0.2) is 57.0 Å². The van der Waals surface area contributed by atoms with Gasteiger partial charge in [-0.05, 0) is 19.5 Å². The molecular weight excluding hydrogens is 212 g/mol. The van der Waals surface area contributed by atoms with Crippen LogP contribution in [0.25, 0.3) is 0 Å². The Morgan fingerprint density at radius 1 is 1.33 bits per heavy atom. The first kappa shape index (κ1) is 12.9. The van der Waals surface area contributed by atoms with E-state index < -0.39 is 9.84 Å². The SMILES string of the molecule is CCN(CCCS(=O)(=O)CC)C1CNC1. The molecule has 0 aliphatic carbocycles. The molecule has 15 heavy (non-hydrogen) atoms. The maximum atomic E-state index is 11.3. The normalized spacial score (nSPS) is 18.1. The molecular formula is C10H22N2O2S. The van der Waals surface area contributed by atoms with Gasteiger partial charge in [0.2, 0.25) is 0 Å². The van der Waals surface area contributed by atoms with Gasteiger partial charge in [0.05, 0.1) is 5.75 Å². The third-order valence-electron chi connectivity index (χ3n) is 3.02. The van der Waals surface area contributed by atoms with Crippen molar-refractivity contribution in [2.75, 3.05) is 37.7 Å². The Kier molecular flexibility index (Phi) is 5.02. The quantitative estimate of drug-likeness (QED) is 0.679. The van der Waals surface area contributed by atoms with E-state index in [1.54, 1.807) is 6.92 Å². The van der Waals surface area contributed by atoms with Gasteiger partial charge in [-0.25, -0.2) is 8.42 Å². The van der Waals surface area contributed by atoms with Crippen molar-refractivity contribution in [1.29, 1.82) is 0 Å². The van der Waals surface area contributed by atoms with E-state index in [2.05, 4.69) is 17.1 Å². The molecule has 0 spiro atoms. The topological polar surface area (TPSA) is 49.4 Å². The fourth-order valence-corrected chi connectivity index (χ4v) is 2.62. The van der Waals surface area contributed by atoms with Gasteiger partial charge in [-0.1, -0.05) is 13.8 Å². The molecule has 1 aliphatic heterocycles. The Balaban J connectivity index is 2.22. The van der Waals surface area contributed by atoms with Crippen molar-refractivity contribution in [3.63, 3.8) is 0 Å². The molecule has 90 valence electrons. The molecule has 0 aromatic heterocycles. The minimum absolute atomic E-state index is 0.268. The van der Waals surface area contributed by atoms with Crippen LogP contribution in [0.5, 0.6) is 0 Å². The summed E-state index contributed by atoms with van der Waals surface area (Å²) in [6.07, 6.45) is 0.764. The van der Waals surface area contributed by atoms with Gasteiger partial charge in [0.1, 0.15) is 9.84 Å². The van der Waals surface area contributed by atoms with Crippen LogP contribution in [-0.2, 0) is 9.84 Å². The third kappa shape index (κ3) is 4.09. The number of nitrogens with zero attached hydrogens (tertiary/aromatic N) is 1. The summed E-state index contributed by atoms with van der Waals surface area (Å²) in [5, 5.41) is 3.23. The van der Waals surface area contributed by atoms with Crippen LogP contribution in [0.4, 0.5) is 0 Å². The van der Waals surface area contributed by atoms with Crippen LogP contribution < -0.4 is 5.32 Å². The Morgan fingerprint density at radius 2 is 2.00 bits per heavy atom. The molecule has 5 heteroatoms. The number of nitrogens with one attached hydrogen (secondary N) is 1. The molecule has 0 bridgehead atoms. The molecule has 1 fully saturated rings. The van der Waals surface area contributed by atoms with E-state index in [1.807, 2.05) is 0 Å². The van der Waals surface area contributed by atoms with Gasteiger partial charge in [0, 0.05) is 24.9 Å². The summed E-state index contributed by atoms with van der Waals surface area (Å²) in [4.78, 5) is 2.36. The number of rotatable bonds is 7. The Labute approximate surface area is 93.0 Å². The first-order valence-corrected chi connectivity index (χ1v) is 7.56. The van der Waals surface area contributed by atoms with Crippen molar-refractivity contribution in [2.24, 2.45) is 0 Å². The lowest BCUT2D eigenvalue weighted by Gasteiger charge is -2.37. The van der Waals surface area contributed by atoms with Crippen molar-refractivity contribution in [1.82, 2.24) is 10.2 Å². The monoisotopic (exact) mass is 234 g/mol. The van der Waals surface area contributed by atoms with E-state index in [-0.39, 0.29) is 5.75 Å². The summed E-state index contributed by atoms with van der Waals surface area (Å²) in [6, 6.07) is 0.624. The van der Waals surface area contributed by atoms with E-state index in [0.717, 1.165) is 32.6 Å². The molecule has 0 aromatic rings. The molecule has 0 aromatic carbocycles. The lowest BCUT2D eigenvalue weighted by atomic mass is 10.1. The van der Waals surface area contributed by atoms with Gasteiger partial charge < -0.3 is 5.32 Å². The summed E-state index contributed by atoms with van der Waals surface area (Å²) in [6.45, 7) is 7.86. The molecule has 1 rings (SSSR count). The van der Waals surface area contributed by atoms with E-state index >= 15 is 0 Å². The van der Waals surface area contributed by atoms with E-state index in [4.69, 9.17) is 0 Å². The second-order valence-corrected chi connectivity index (χ2v) is 6.50. The summed E-state index contributed by atoms with van der Waals surface area (Å²) in [5.74, 6) is 0.601. The molecule has 1 saturated heterocycles. The number of hydrogen-bond donors (Lipinski definition) is 1. The van der Waals surface area contributed by atoms with E-state index in [9.17, 15) is 8.42 Å². The predicted molar refractivity (Wildman–Crippen MR) is 62.8 cm³/mol. The molecule has 1 aliphatic rings. The van der Waals surface area contributed by atoms with Gasteiger partial charge in [-0.3, -0.25) is 4.90 Å². The summed E-state index contributed by atoms with van der Waals surface area (Å²) in [7, 11) is -2.78. The van der Waals surface area contributed by atoms with Crippen molar-refractivity contribution in [3.05, 3.63) is 0 Å². The zero-order valence-corrected chi connectivity index (χ0v) is 10.5. The highest BCUT2D eigenvalue weighted by atomic mass is 32.2. The van der Waals surface area contributed by atoms with E-state index in [0.29, 0.717) is 11.8 Å². The average Bonchev–Trinajstić information content (AvgIpc) is 2.13. The van der Waals surface area contributed by atoms with Crippen LogP contribution in [0, 0.1) is 0 Å². The molecule has 4 nitrogen and oxygen atoms in total. The fraction of sp³-hybridized carbons (Fsp3) is 1.00. The van der Waals surface area contributed by atoms with Crippen molar-refractivity contribution < 1.29 is 8.42 Å². The van der Waals surface area contributed by atoms with Crippen LogP contribution in [0.3, 0.4) is 0 Å². The minimum Gasteiger partial charge on any atom is -0.314 e. The van der Waals surface area contributed by atoms with Gasteiger partial charge in [-0.15, -0.1) is 0 Å². The summed E-state index contributed by atoms with van der Waals surface area (Å²) < 4.78 is 22.6. The number of likely N-dealkylation sites (N-methyl/N-ethyl adjacent to an activating group) is 1. The molecule has 0 radical (unpaired) electrons. The van der Waals surface area contributed by atoms with Crippen LogP contribution in [0.2, 0.25) is 0 Å². The maximum absolute atomic E-state index is 11.3. The lowest BCUT2D eigenvalue weighted by molar-refractivity contribution is 0.153. The van der Waals surface area contributed by atoms with Gasteiger partial charge in [-0.2, -0.15) is 0 Å². The second-order valence-electron chi connectivity index (χ2n) is 4.03. The first-order chi connectivity index (χ1) is 7.09. The van der Waals surface area contributed by atoms with Gasteiger partial charge >= 0.3 is 0 Å². The predicted octanol–water partition coefficient (Wildman–Crippen LogP) is 0.105. The van der Waals surface area contributed by atoms with Gasteiger partial charge in [0.15, 0.2) is 0 Å². The zero-order chi connectivity index (χ0) is 11.3. The molecule has 0 amide bonds. The average molecular weight is 234 g/mol. The number of hydrogen-bond acceptors (Lipinski definition) is 4. The second kappa shape index (κ2) is 5.82. The molecule has 1 heterocycles. The Bertz CT molecular complexity index is 273. The first-order valence-electron chi connectivity index (χ1n) is 5.74. The molecule has 1 N–H and O–H groups in total. The largest absolute Gasteiger partial charge is 0.314 e. The highest BCUT2D eigenvalue weighted by Gasteiger charge is 2.22. The Hall–Kier alpha value is -0.130. The molecule has 0 atom stereocenters. The lowest BCUT2D eigenvalue weighted by Crippen LogP contribution is -2.57. The minimum atomic E-state index is -2.78. The van der Waals surface area contributed by atoms with Crippen LogP contribution >= 0.6 is 0 Å². The summed E-state index contributed by atoms with van der Waals surface area (Å²) in [5.41, 5.74) is 0. The van der Waals surface area contributed by atoms with Crippen LogP contribution in [0.15, 0.2) is 0 Å². The Morgan fingerprint density at radius 3 is 2.40 bits per heavy atom. The third-order valence-corrected chi connectivity index (χ3v) is 4.81. The highest BCUT2D eigenvalue weighted by molar-refractivity contribution is 7.91. The fourth-order valence-electron chi connectivity index (χ4n) is 1.76. The van der Waals surface area contributed by atoms with Crippen molar-refractivity contribution in [2.45, 2.75) is 26.3 Å². The van der Waals surface area contributed by atoms with Crippen molar-refractivity contribution in [3.8, 4) is 0 Å². The van der Waals surface area contributed by atoms with Crippen molar-refractivity contribution >= 4 is 9.84 Å². The van der Waals surface area contributed by atoms with Gasteiger partial charge in [0.25, 0.3) is 0 Å². The standard InChI is InChI=1S/C10H22N2O2S/c1-3-12(10-8-11-9-10)6-5-7-15(13,14)4-2/h10-11H,3-9H2,1-2H3.